The quantitative estimate of drug-likeness (QED) is 0.853. The van der Waals surface area contributed by atoms with Crippen LogP contribution < -0.4 is 5.32 Å². The van der Waals surface area contributed by atoms with Crippen LogP contribution in [0.1, 0.15) is 35.9 Å². The number of carbonyl (C=O) groups is 2. The fourth-order valence-corrected chi connectivity index (χ4v) is 4.10. The summed E-state index contributed by atoms with van der Waals surface area (Å²) >= 11 is 1.70. The van der Waals surface area contributed by atoms with Gasteiger partial charge in [0.2, 0.25) is 0 Å². The minimum atomic E-state index is -1.20. The van der Waals surface area contributed by atoms with Crippen LogP contribution in [0.3, 0.4) is 0 Å². The summed E-state index contributed by atoms with van der Waals surface area (Å²) in [4.78, 5) is 24.2. The molecule has 6 heteroatoms. The molecule has 1 aromatic carbocycles. The number of carboxylic acids is 1. The van der Waals surface area contributed by atoms with Crippen molar-refractivity contribution < 1.29 is 19.1 Å². The number of thioether (sulfide) groups is 1. The Labute approximate surface area is 150 Å². The first-order valence-electron chi connectivity index (χ1n) is 8.37. The van der Waals surface area contributed by atoms with Crippen molar-refractivity contribution in [2.45, 2.75) is 31.7 Å². The van der Waals surface area contributed by atoms with Crippen molar-refractivity contribution in [2.75, 3.05) is 11.5 Å². The predicted molar refractivity (Wildman–Crippen MR) is 97.9 cm³/mol. The van der Waals surface area contributed by atoms with Crippen LogP contribution in [0.4, 0.5) is 0 Å². The maximum Gasteiger partial charge on any atom is 0.329 e. The van der Waals surface area contributed by atoms with E-state index in [1.807, 2.05) is 24.3 Å². The van der Waals surface area contributed by atoms with Crippen LogP contribution in [-0.2, 0) is 11.2 Å². The highest BCUT2D eigenvalue weighted by Gasteiger charge is 2.41. The summed E-state index contributed by atoms with van der Waals surface area (Å²) in [5.74, 6) is 0.707. The van der Waals surface area contributed by atoms with E-state index in [0.29, 0.717) is 18.6 Å². The third-order valence-corrected chi connectivity index (χ3v) is 5.57. The van der Waals surface area contributed by atoms with Gasteiger partial charge in [0.05, 0.1) is 0 Å². The summed E-state index contributed by atoms with van der Waals surface area (Å²) < 4.78 is 5.66. The molecular weight excluding hydrogens is 338 g/mol. The Bertz CT molecular complexity index is 760. The lowest BCUT2D eigenvalue weighted by atomic mass is 9.92. The monoisotopic (exact) mass is 359 g/mol. The fraction of sp³-hybridized carbons (Fsp3) is 0.368. The molecule has 0 atom stereocenters. The number of carboxylic acid groups (broad SMARTS) is 1. The van der Waals surface area contributed by atoms with Crippen LogP contribution in [0.5, 0.6) is 0 Å². The normalized spacial score (nSPS) is 16.4. The lowest BCUT2D eigenvalue weighted by Gasteiger charge is -2.33. The van der Waals surface area contributed by atoms with Crippen molar-refractivity contribution in [3.63, 3.8) is 0 Å². The van der Waals surface area contributed by atoms with E-state index in [9.17, 15) is 14.7 Å². The van der Waals surface area contributed by atoms with E-state index < -0.39 is 17.4 Å². The molecule has 2 N–H and O–H groups in total. The van der Waals surface area contributed by atoms with Gasteiger partial charge in [0.1, 0.15) is 11.3 Å². The molecule has 1 amide bonds. The number of carbonyl (C=O) groups excluding carboxylic acids is 1. The Kier molecular flexibility index (Phi) is 5.18. The highest BCUT2D eigenvalue weighted by atomic mass is 32.2. The number of aliphatic carboxylic acids is 1. The molecule has 5 nitrogen and oxygen atoms in total. The van der Waals surface area contributed by atoms with Crippen molar-refractivity contribution in [1.82, 2.24) is 5.32 Å². The van der Waals surface area contributed by atoms with Gasteiger partial charge in [0, 0.05) is 5.56 Å². The Morgan fingerprint density at radius 3 is 2.44 bits per heavy atom. The zero-order chi connectivity index (χ0) is 17.9. The van der Waals surface area contributed by atoms with Gasteiger partial charge in [-0.05, 0) is 48.5 Å². The van der Waals surface area contributed by atoms with E-state index in [0.717, 1.165) is 23.5 Å². The Morgan fingerprint density at radius 2 is 1.84 bits per heavy atom. The zero-order valence-electron chi connectivity index (χ0n) is 14.1. The van der Waals surface area contributed by atoms with Crippen molar-refractivity contribution in [3.05, 3.63) is 47.7 Å². The molecule has 0 bridgehead atoms. The lowest BCUT2D eigenvalue weighted by molar-refractivity contribution is -0.144. The van der Waals surface area contributed by atoms with Gasteiger partial charge in [0.15, 0.2) is 5.76 Å². The molecule has 0 aliphatic carbocycles. The average Bonchev–Trinajstić information content (AvgIpc) is 3.13. The van der Waals surface area contributed by atoms with Crippen molar-refractivity contribution in [3.8, 4) is 11.3 Å². The van der Waals surface area contributed by atoms with Crippen LogP contribution in [0.15, 0.2) is 40.8 Å². The zero-order valence-corrected chi connectivity index (χ0v) is 14.9. The first-order chi connectivity index (χ1) is 12.0. The van der Waals surface area contributed by atoms with Crippen molar-refractivity contribution >= 4 is 23.6 Å². The summed E-state index contributed by atoms with van der Waals surface area (Å²) in [6.07, 6.45) is 1.80. The minimum absolute atomic E-state index is 0.133. The smallest absolute Gasteiger partial charge is 0.329 e. The number of hydrogen-bond acceptors (Lipinski definition) is 4. The van der Waals surface area contributed by atoms with Crippen LogP contribution in [0.25, 0.3) is 11.3 Å². The van der Waals surface area contributed by atoms with Gasteiger partial charge in [-0.3, -0.25) is 4.79 Å². The molecule has 0 unspecified atom stereocenters. The molecule has 25 heavy (non-hydrogen) atoms. The lowest BCUT2D eigenvalue weighted by Crippen LogP contribution is -2.56. The number of nitrogens with one attached hydrogen (secondary N) is 1. The second kappa shape index (κ2) is 7.35. The highest BCUT2D eigenvalue weighted by Crippen LogP contribution is 2.28. The number of amides is 1. The number of furan rings is 1. The number of hydrogen-bond donors (Lipinski definition) is 2. The van der Waals surface area contributed by atoms with E-state index in [2.05, 4.69) is 12.2 Å². The van der Waals surface area contributed by atoms with Crippen molar-refractivity contribution in [1.29, 1.82) is 0 Å². The SMILES string of the molecule is CCc1ccc(-c2ccc(C(=O)NC3(C(=O)O)CCSCC3)o2)cc1. The van der Waals surface area contributed by atoms with E-state index >= 15 is 0 Å². The molecule has 0 radical (unpaired) electrons. The maximum absolute atomic E-state index is 12.5. The topological polar surface area (TPSA) is 79.5 Å². The van der Waals surface area contributed by atoms with Crippen LogP contribution in [0.2, 0.25) is 0 Å². The average molecular weight is 359 g/mol. The van der Waals surface area contributed by atoms with E-state index in [1.165, 1.54) is 5.56 Å². The largest absolute Gasteiger partial charge is 0.480 e. The molecule has 1 saturated heterocycles. The van der Waals surface area contributed by atoms with Gasteiger partial charge in [-0.2, -0.15) is 11.8 Å². The molecule has 1 aromatic heterocycles. The van der Waals surface area contributed by atoms with Crippen LogP contribution in [0, 0.1) is 0 Å². The Morgan fingerprint density at radius 1 is 1.16 bits per heavy atom. The van der Waals surface area contributed by atoms with Crippen LogP contribution in [-0.4, -0.2) is 34.0 Å². The summed E-state index contributed by atoms with van der Waals surface area (Å²) in [5.41, 5.74) is 0.919. The van der Waals surface area contributed by atoms with E-state index in [4.69, 9.17) is 4.42 Å². The summed E-state index contributed by atoms with van der Waals surface area (Å²) in [6.45, 7) is 2.09. The standard InChI is InChI=1S/C19H21NO4S/c1-2-13-3-5-14(6-4-13)15-7-8-16(24-15)17(21)20-19(18(22)23)9-11-25-12-10-19/h3-8H,2,9-12H2,1H3,(H,20,21)(H,22,23). The third-order valence-electron chi connectivity index (χ3n) is 4.59. The molecule has 132 valence electrons. The Balaban J connectivity index is 1.76. The first kappa shape index (κ1) is 17.6. The first-order valence-corrected chi connectivity index (χ1v) is 9.52. The van der Waals surface area contributed by atoms with E-state index in [1.54, 1.807) is 23.9 Å². The third kappa shape index (κ3) is 3.74. The number of benzene rings is 1. The minimum Gasteiger partial charge on any atom is -0.480 e. The highest BCUT2D eigenvalue weighted by molar-refractivity contribution is 7.99. The van der Waals surface area contributed by atoms with Gasteiger partial charge < -0.3 is 14.8 Å². The van der Waals surface area contributed by atoms with Gasteiger partial charge in [-0.15, -0.1) is 0 Å². The molecular formula is C19H21NO4S. The second-order valence-corrected chi connectivity index (χ2v) is 7.39. The van der Waals surface area contributed by atoms with Gasteiger partial charge in [0.25, 0.3) is 5.91 Å². The maximum atomic E-state index is 12.5. The predicted octanol–water partition coefficient (Wildman–Crippen LogP) is 3.59. The molecule has 2 heterocycles. The molecule has 0 spiro atoms. The molecule has 1 fully saturated rings. The van der Waals surface area contributed by atoms with Gasteiger partial charge in [-0.25, -0.2) is 4.79 Å². The van der Waals surface area contributed by atoms with Gasteiger partial charge in [-0.1, -0.05) is 31.2 Å². The summed E-state index contributed by atoms with van der Waals surface area (Å²) in [6, 6.07) is 11.3. The number of aryl methyl sites for hydroxylation is 1. The molecule has 1 aliphatic rings. The van der Waals surface area contributed by atoms with Gasteiger partial charge >= 0.3 is 5.97 Å². The summed E-state index contributed by atoms with van der Waals surface area (Å²) in [7, 11) is 0. The van der Waals surface area contributed by atoms with E-state index in [-0.39, 0.29) is 5.76 Å². The molecule has 3 rings (SSSR count). The molecule has 2 aromatic rings. The second-order valence-electron chi connectivity index (χ2n) is 6.17. The number of rotatable bonds is 5. The van der Waals surface area contributed by atoms with Crippen LogP contribution >= 0.6 is 11.8 Å². The molecule has 1 aliphatic heterocycles. The van der Waals surface area contributed by atoms with Crippen molar-refractivity contribution in [2.24, 2.45) is 0 Å². The molecule has 0 saturated carbocycles. The summed E-state index contributed by atoms with van der Waals surface area (Å²) in [5, 5.41) is 12.2. The Hall–Kier alpha value is -2.21. The fourth-order valence-electron chi connectivity index (χ4n) is 2.91.